The number of anilines is 1. The number of rotatable bonds is 5. The molecule has 0 aromatic heterocycles. The molecule has 19 heavy (non-hydrogen) atoms. The second kappa shape index (κ2) is 7.81. The molecule has 2 rings (SSSR count). The van der Waals surface area contributed by atoms with Gasteiger partial charge in [-0.25, -0.2) is 0 Å². The monoisotopic (exact) mass is 278 g/mol. The summed E-state index contributed by atoms with van der Waals surface area (Å²) >= 11 is 2.09. The Kier molecular flexibility index (Phi) is 6.05. The molecule has 1 fully saturated rings. The van der Waals surface area contributed by atoms with E-state index < -0.39 is 0 Å². The lowest BCUT2D eigenvalue weighted by Crippen LogP contribution is -2.29. The summed E-state index contributed by atoms with van der Waals surface area (Å²) in [6, 6.07) is 9.42. The molecule has 1 aliphatic heterocycles. The lowest BCUT2D eigenvalue weighted by molar-refractivity contribution is 0.536. The van der Waals surface area contributed by atoms with E-state index in [0.717, 1.165) is 13.0 Å². The van der Waals surface area contributed by atoms with Gasteiger partial charge in [-0.15, -0.1) is 0 Å². The van der Waals surface area contributed by atoms with Crippen molar-refractivity contribution in [2.75, 3.05) is 36.0 Å². The molecule has 1 saturated heterocycles. The molecule has 1 aliphatic rings. The number of nitrogens with one attached hydrogen (secondary N) is 1. The van der Waals surface area contributed by atoms with E-state index in [0.29, 0.717) is 6.04 Å². The Morgan fingerprint density at radius 2 is 2.05 bits per heavy atom. The van der Waals surface area contributed by atoms with Crippen LogP contribution in [-0.2, 0) is 0 Å². The van der Waals surface area contributed by atoms with Gasteiger partial charge in [0.1, 0.15) is 0 Å². The smallest absolute Gasteiger partial charge is 0.0414 e. The van der Waals surface area contributed by atoms with Crippen LogP contribution in [-0.4, -0.2) is 31.1 Å². The van der Waals surface area contributed by atoms with Crippen molar-refractivity contribution in [2.45, 2.75) is 32.7 Å². The molecule has 0 radical (unpaired) electrons. The van der Waals surface area contributed by atoms with E-state index in [1.54, 1.807) is 0 Å². The molecule has 1 unspecified atom stereocenters. The third kappa shape index (κ3) is 3.90. The summed E-state index contributed by atoms with van der Waals surface area (Å²) in [5.41, 5.74) is 2.91. The third-order valence-electron chi connectivity index (χ3n) is 3.73. The van der Waals surface area contributed by atoms with Crippen LogP contribution in [0.3, 0.4) is 0 Å². The highest BCUT2D eigenvalue weighted by Crippen LogP contribution is 2.29. The zero-order chi connectivity index (χ0) is 13.5. The average Bonchev–Trinajstić information content (AvgIpc) is 2.74. The van der Waals surface area contributed by atoms with Crippen molar-refractivity contribution >= 4 is 17.4 Å². The first-order chi connectivity index (χ1) is 9.36. The van der Waals surface area contributed by atoms with Gasteiger partial charge in [0, 0.05) is 30.6 Å². The maximum Gasteiger partial charge on any atom is 0.0414 e. The van der Waals surface area contributed by atoms with Crippen molar-refractivity contribution in [3.8, 4) is 0 Å². The molecule has 1 N–H and O–H groups in total. The minimum absolute atomic E-state index is 0.483. The number of thioether (sulfide) groups is 1. The lowest BCUT2D eigenvalue weighted by Gasteiger charge is -2.28. The van der Waals surface area contributed by atoms with E-state index in [9.17, 15) is 0 Å². The van der Waals surface area contributed by atoms with Crippen molar-refractivity contribution < 1.29 is 0 Å². The molecule has 1 heterocycles. The molecule has 0 amide bonds. The van der Waals surface area contributed by atoms with Gasteiger partial charge in [0.25, 0.3) is 0 Å². The van der Waals surface area contributed by atoms with Gasteiger partial charge in [0.15, 0.2) is 0 Å². The molecule has 0 spiro atoms. The van der Waals surface area contributed by atoms with Crippen LogP contribution in [0, 0.1) is 0 Å². The molecule has 1 aromatic rings. The Hall–Kier alpha value is -0.670. The summed E-state index contributed by atoms with van der Waals surface area (Å²) in [4.78, 5) is 2.58. The number of benzene rings is 1. The van der Waals surface area contributed by atoms with E-state index in [4.69, 9.17) is 0 Å². The Bertz CT molecular complexity index is 373. The number of hydrogen-bond acceptors (Lipinski definition) is 3. The van der Waals surface area contributed by atoms with E-state index in [2.05, 4.69) is 60.1 Å². The molecule has 1 aromatic carbocycles. The van der Waals surface area contributed by atoms with Crippen LogP contribution >= 0.6 is 11.8 Å². The summed E-state index contributed by atoms with van der Waals surface area (Å²) in [5.74, 6) is 2.56. The van der Waals surface area contributed by atoms with Crippen LogP contribution < -0.4 is 10.2 Å². The third-order valence-corrected chi connectivity index (χ3v) is 4.78. The molecule has 0 aliphatic carbocycles. The fourth-order valence-electron chi connectivity index (χ4n) is 2.78. The van der Waals surface area contributed by atoms with E-state index >= 15 is 0 Å². The molecule has 0 bridgehead atoms. The SMILES string of the molecule is CCNC(CC)c1ccccc1N1CCCSCC1. The molecular formula is C16H26N2S. The fraction of sp³-hybridized carbons (Fsp3) is 0.625. The highest BCUT2D eigenvalue weighted by atomic mass is 32.2. The van der Waals surface area contributed by atoms with Gasteiger partial charge >= 0.3 is 0 Å². The van der Waals surface area contributed by atoms with Crippen molar-refractivity contribution in [3.63, 3.8) is 0 Å². The maximum absolute atomic E-state index is 3.61. The van der Waals surface area contributed by atoms with Crippen LogP contribution in [0.15, 0.2) is 24.3 Å². The van der Waals surface area contributed by atoms with Crippen molar-refractivity contribution in [3.05, 3.63) is 29.8 Å². The molecular weight excluding hydrogens is 252 g/mol. The second-order valence-electron chi connectivity index (χ2n) is 5.03. The first-order valence-corrected chi connectivity index (χ1v) is 8.67. The van der Waals surface area contributed by atoms with Crippen LogP contribution in [0.5, 0.6) is 0 Å². The van der Waals surface area contributed by atoms with E-state index in [-0.39, 0.29) is 0 Å². The van der Waals surface area contributed by atoms with E-state index in [1.165, 1.54) is 42.3 Å². The number of nitrogens with zero attached hydrogens (tertiary/aromatic N) is 1. The minimum atomic E-state index is 0.483. The highest BCUT2D eigenvalue weighted by molar-refractivity contribution is 7.99. The zero-order valence-electron chi connectivity index (χ0n) is 12.2. The standard InChI is InChI=1S/C16H26N2S/c1-3-15(17-4-2)14-8-5-6-9-16(14)18-10-7-12-19-13-11-18/h5-6,8-9,15,17H,3-4,7,10-13H2,1-2H3. The van der Waals surface area contributed by atoms with Crippen LogP contribution in [0.25, 0.3) is 0 Å². The predicted molar refractivity (Wildman–Crippen MR) is 87.3 cm³/mol. The van der Waals surface area contributed by atoms with Gasteiger partial charge in [0.2, 0.25) is 0 Å². The van der Waals surface area contributed by atoms with Crippen LogP contribution in [0.4, 0.5) is 5.69 Å². The molecule has 1 atom stereocenters. The first-order valence-electron chi connectivity index (χ1n) is 7.51. The van der Waals surface area contributed by atoms with Gasteiger partial charge < -0.3 is 10.2 Å². The summed E-state index contributed by atoms with van der Waals surface area (Å²) < 4.78 is 0. The van der Waals surface area contributed by atoms with Crippen molar-refractivity contribution in [1.29, 1.82) is 0 Å². The molecule has 106 valence electrons. The lowest BCUT2D eigenvalue weighted by atomic mass is 10.0. The second-order valence-corrected chi connectivity index (χ2v) is 6.26. The molecule has 2 nitrogen and oxygen atoms in total. The molecule has 3 heteroatoms. The van der Waals surface area contributed by atoms with Gasteiger partial charge in [0.05, 0.1) is 0 Å². The Morgan fingerprint density at radius 1 is 1.21 bits per heavy atom. The predicted octanol–water partition coefficient (Wildman–Crippen LogP) is 3.69. The maximum atomic E-state index is 3.61. The summed E-state index contributed by atoms with van der Waals surface area (Å²) in [7, 11) is 0. The topological polar surface area (TPSA) is 15.3 Å². The van der Waals surface area contributed by atoms with Crippen molar-refractivity contribution in [2.24, 2.45) is 0 Å². The average molecular weight is 278 g/mol. The van der Waals surface area contributed by atoms with E-state index in [1.807, 2.05) is 0 Å². The Balaban J connectivity index is 2.23. The number of para-hydroxylation sites is 1. The largest absolute Gasteiger partial charge is 0.370 e. The minimum Gasteiger partial charge on any atom is -0.370 e. The molecule has 0 saturated carbocycles. The van der Waals surface area contributed by atoms with Crippen molar-refractivity contribution in [1.82, 2.24) is 5.32 Å². The summed E-state index contributed by atoms with van der Waals surface area (Å²) in [6.45, 7) is 7.87. The first kappa shape index (κ1) is 14.7. The van der Waals surface area contributed by atoms with Gasteiger partial charge in [-0.3, -0.25) is 0 Å². The van der Waals surface area contributed by atoms with Gasteiger partial charge in [-0.2, -0.15) is 11.8 Å². The highest BCUT2D eigenvalue weighted by Gasteiger charge is 2.17. The fourth-order valence-corrected chi connectivity index (χ4v) is 3.66. The Morgan fingerprint density at radius 3 is 2.84 bits per heavy atom. The zero-order valence-corrected chi connectivity index (χ0v) is 13.0. The Labute approximate surface area is 122 Å². The quantitative estimate of drug-likeness (QED) is 0.884. The summed E-state index contributed by atoms with van der Waals surface area (Å²) in [6.07, 6.45) is 2.45. The van der Waals surface area contributed by atoms with Gasteiger partial charge in [-0.1, -0.05) is 32.0 Å². The summed E-state index contributed by atoms with van der Waals surface area (Å²) in [5, 5.41) is 3.61. The van der Waals surface area contributed by atoms with Gasteiger partial charge in [-0.05, 0) is 36.8 Å². The van der Waals surface area contributed by atoms with Crippen LogP contribution in [0.2, 0.25) is 0 Å². The normalized spacial score (nSPS) is 18.1. The number of hydrogen-bond donors (Lipinski definition) is 1. The van der Waals surface area contributed by atoms with Crippen LogP contribution in [0.1, 0.15) is 38.3 Å².